The third kappa shape index (κ3) is 4.79. The number of carbonyl (C=O) groups is 2. The van der Waals surface area contributed by atoms with Crippen LogP contribution in [0.3, 0.4) is 0 Å². The van der Waals surface area contributed by atoms with Gasteiger partial charge in [-0.1, -0.05) is 19.3 Å². The highest BCUT2D eigenvalue weighted by molar-refractivity contribution is 5.82. The van der Waals surface area contributed by atoms with Gasteiger partial charge in [0.1, 0.15) is 0 Å². The number of amides is 2. The number of nitrogens with one attached hydrogen (secondary N) is 1. The topological polar surface area (TPSA) is 62.3 Å². The second-order valence-electron chi connectivity index (χ2n) is 7.13. The van der Waals surface area contributed by atoms with Crippen LogP contribution in [0.1, 0.15) is 50.5 Å². The molecule has 130 valence electrons. The van der Waals surface area contributed by atoms with Crippen molar-refractivity contribution in [1.82, 2.24) is 15.2 Å². The van der Waals surface area contributed by atoms with Crippen molar-refractivity contribution in [2.45, 2.75) is 57.4 Å². The molecule has 1 saturated heterocycles. The first-order valence-electron chi connectivity index (χ1n) is 9.17. The van der Waals surface area contributed by atoms with Crippen molar-refractivity contribution in [1.29, 1.82) is 0 Å². The molecule has 1 aliphatic carbocycles. The first kappa shape index (κ1) is 16.9. The van der Waals surface area contributed by atoms with Gasteiger partial charge < -0.3 is 10.2 Å². The molecule has 1 saturated carbocycles. The van der Waals surface area contributed by atoms with E-state index in [2.05, 4.69) is 10.3 Å². The number of aryl methyl sites for hydroxylation is 1. The highest BCUT2D eigenvalue weighted by Gasteiger charge is 2.32. The van der Waals surface area contributed by atoms with Gasteiger partial charge in [0.05, 0.1) is 6.04 Å². The number of rotatable bonds is 6. The molecule has 3 rings (SSSR count). The number of hydrogen-bond donors (Lipinski definition) is 1. The van der Waals surface area contributed by atoms with Crippen LogP contribution in [0.25, 0.3) is 0 Å². The molecule has 2 heterocycles. The molecule has 1 aliphatic heterocycles. The van der Waals surface area contributed by atoms with Gasteiger partial charge >= 0.3 is 0 Å². The summed E-state index contributed by atoms with van der Waals surface area (Å²) in [4.78, 5) is 30.2. The molecule has 1 aromatic rings. The fraction of sp³-hybridized carbons (Fsp3) is 0.632. The summed E-state index contributed by atoms with van der Waals surface area (Å²) in [6, 6.07) is 3.84. The molecule has 1 N–H and O–H groups in total. The monoisotopic (exact) mass is 329 g/mol. The van der Waals surface area contributed by atoms with Gasteiger partial charge in [0.15, 0.2) is 0 Å². The minimum Gasteiger partial charge on any atom is -0.351 e. The number of likely N-dealkylation sites (tertiary alicyclic amines) is 1. The molecule has 0 radical (unpaired) electrons. The van der Waals surface area contributed by atoms with Crippen LogP contribution >= 0.6 is 0 Å². The second-order valence-corrected chi connectivity index (χ2v) is 7.13. The molecule has 1 aromatic heterocycles. The van der Waals surface area contributed by atoms with E-state index in [-0.39, 0.29) is 17.9 Å². The summed E-state index contributed by atoms with van der Waals surface area (Å²) in [5.41, 5.74) is 1.11. The summed E-state index contributed by atoms with van der Waals surface area (Å²) in [6.45, 7) is 1.55. The molecule has 24 heavy (non-hydrogen) atoms. The Kier molecular flexibility index (Phi) is 5.83. The summed E-state index contributed by atoms with van der Waals surface area (Å²) >= 11 is 0. The van der Waals surface area contributed by atoms with E-state index >= 15 is 0 Å². The Hall–Kier alpha value is -1.91. The van der Waals surface area contributed by atoms with Gasteiger partial charge in [-0.25, -0.2) is 0 Å². The zero-order chi connectivity index (χ0) is 16.8. The van der Waals surface area contributed by atoms with E-state index in [0.29, 0.717) is 31.7 Å². The lowest BCUT2D eigenvalue weighted by molar-refractivity contribution is -0.128. The van der Waals surface area contributed by atoms with E-state index in [9.17, 15) is 9.59 Å². The quantitative estimate of drug-likeness (QED) is 0.871. The van der Waals surface area contributed by atoms with E-state index < -0.39 is 0 Å². The molecule has 0 bridgehead atoms. The van der Waals surface area contributed by atoms with Crippen LogP contribution in [0, 0.1) is 5.92 Å². The molecular weight excluding hydrogens is 302 g/mol. The molecule has 5 nitrogen and oxygen atoms in total. The lowest BCUT2D eigenvalue weighted by Gasteiger charge is -2.27. The van der Waals surface area contributed by atoms with E-state index in [1.54, 1.807) is 12.4 Å². The Balaban J connectivity index is 1.41. The summed E-state index contributed by atoms with van der Waals surface area (Å²) in [6.07, 6.45) is 11.5. The van der Waals surface area contributed by atoms with Gasteiger partial charge in [-0.2, -0.15) is 0 Å². The summed E-state index contributed by atoms with van der Waals surface area (Å²) in [7, 11) is 0. The van der Waals surface area contributed by atoms with Crippen LogP contribution in [-0.4, -0.2) is 40.8 Å². The number of hydrogen-bond acceptors (Lipinski definition) is 3. The van der Waals surface area contributed by atoms with E-state index in [1.165, 1.54) is 32.1 Å². The summed E-state index contributed by atoms with van der Waals surface area (Å²) in [5, 5.41) is 3.03. The Bertz CT molecular complexity index is 555. The molecule has 1 atom stereocenters. The van der Waals surface area contributed by atoms with Crippen molar-refractivity contribution < 1.29 is 9.59 Å². The lowest BCUT2D eigenvalue weighted by Crippen LogP contribution is -2.38. The van der Waals surface area contributed by atoms with E-state index in [0.717, 1.165) is 12.1 Å². The van der Waals surface area contributed by atoms with Crippen LogP contribution in [-0.2, 0) is 16.0 Å². The van der Waals surface area contributed by atoms with Crippen LogP contribution < -0.4 is 5.32 Å². The standard InChI is InChI=1S/C19H27N3O2/c23-18(7-6-15-8-10-20-11-9-15)21-17-12-19(24)22(14-17)13-16-4-2-1-3-5-16/h8-11,16-17H,1-7,12-14H2,(H,21,23). The maximum atomic E-state index is 12.2. The van der Waals surface area contributed by atoms with Crippen LogP contribution in [0.5, 0.6) is 0 Å². The summed E-state index contributed by atoms with van der Waals surface area (Å²) in [5.74, 6) is 0.882. The van der Waals surface area contributed by atoms with Gasteiger partial charge in [-0.15, -0.1) is 0 Å². The zero-order valence-electron chi connectivity index (χ0n) is 14.2. The van der Waals surface area contributed by atoms with Gasteiger partial charge in [0, 0.05) is 38.3 Å². The Morgan fingerprint density at radius 3 is 2.71 bits per heavy atom. The van der Waals surface area contributed by atoms with Crippen molar-refractivity contribution in [2.24, 2.45) is 5.92 Å². The normalized spacial score (nSPS) is 21.9. The lowest BCUT2D eigenvalue weighted by atomic mass is 9.89. The average molecular weight is 329 g/mol. The average Bonchev–Trinajstić information content (AvgIpc) is 2.94. The molecule has 0 aromatic carbocycles. The van der Waals surface area contributed by atoms with Crippen LogP contribution in [0.4, 0.5) is 0 Å². The molecular formula is C19H27N3O2. The van der Waals surface area contributed by atoms with Gasteiger partial charge in [-0.05, 0) is 42.9 Å². The molecule has 0 spiro atoms. The van der Waals surface area contributed by atoms with Crippen molar-refractivity contribution in [2.75, 3.05) is 13.1 Å². The van der Waals surface area contributed by atoms with Crippen molar-refractivity contribution in [3.63, 3.8) is 0 Å². The van der Waals surface area contributed by atoms with Crippen molar-refractivity contribution >= 4 is 11.8 Å². The SMILES string of the molecule is O=C(CCc1ccncc1)NC1CC(=O)N(CC2CCCCC2)C1. The van der Waals surface area contributed by atoms with Crippen LogP contribution in [0.2, 0.25) is 0 Å². The highest BCUT2D eigenvalue weighted by Crippen LogP contribution is 2.26. The predicted octanol–water partition coefficient (Wildman–Crippen LogP) is 2.31. The van der Waals surface area contributed by atoms with Crippen molar-refractivity contribution in [3.8, 4) is 0 Å². The zero-order valence-corrected chi connectivity index (χ0v) is 14.2. The predicted molar refractivity (Wildman–Crippen MR) is 92.3 cm³/mol. The van der Waals surface area contributed by atoms with Crippen LogP contribution in [0.15, 0.2) is 24.5 Å². The number of nitrogens with zero attached hydrogens (tertiary/aromatic N) is 2. The number of carbonyl (C=O) groups excluding carboxylic acids is 2. The van der Waals surface area contributed by atoms with Gasteiger partial charge in [0.2, 0.25) is 11.8 Å². The van der Waals surface area contributed by atoms with Crippen molar-refractivity contribution in [3.05, 3.63) is 30.1 Å². The molecule has 5 heteroatoms. The first-order chi connectivity index (χ1) is 11.7. The third-order valence-corrected chi connectivity index (χ3v) is 5.17. The van der Waals surface area contributed by atoms with Gasteiger partial charge in [-0.3, -0.25) is 14.6 Å². The van der Waals surface area contributed by atoms with Gasteiger partial charge in [0.25, 0.3) is 0 Å². The smallest absolute Gasteiger partial charge is 0.224 e. The van der Waals surface area contributed by atoms with E-state index in [4.69, 9.17) is 0 Å². The maximum absolute atomic E-state index is 12.2. The third-order valence-electron chi connectivity index (χ3n) is 5.17. The molecule has 2 amide bonds. The fourth-order valence-electron chi connectivity index (χ4n) is 3.83. The fourth-order valence-corrected chi connectivity index (χ4v) is 3.83. The Labute approximate surface area is 143 Å². The highest BCUT2D eigenvalue weighted by atomic mass is 16.2. The maximum Gasteiger partial charge on any atom is 0.224 e. The first-order valence-corrected chi connectivity index (χ1v) is 9.17. The minimum atomic E-state index is -0.0222. The minimum absolute atomic E-state index is 0.0222. The molecule has 2 fully saturated rings. The molecule has 2 aliphatic rings. The Morgan fingerprint density at radius 1 is 1.21 bits per heavy atom. The summed E-state index contributed by atoms with van der Waals surface area (Å²) < 4.78 is 0. The van der Waals surface area contributed by atoms with E-state index in [1.807, 2.05) is 17.0 Å². The largest absolute Gasteiger partial charge is 0.351 e. The molecule has 1 unspecified atom stereocenters. The Morgan fingerprint density at radius 2 is 1.96 bits per heavy atom. The number of pyridine rings is 1. The number of aromatic nitrogens is 1. The second kappa shape index (κ2) is 8.27.